The number of alkyl halides is 1. The molecule has 1 saturated carbocycles. The van der Waals surface area contributed by atoms with Crippen molar-refractivity contribution in [2.45, 2.75) is 18.6 Å². The Morgan fingerprint density at radius 2 is 1.57 bits per heavy atom. The van der Waals surface area contributed by atoms with Crippen LogP contribution in [0.5, 0.6) is 0 Å². The summed E-state index contributed by atoms with van der Waals surface area (Å²) >= 11 is 6.37. The van der Waals surface area contributed by atoms with E-state index in [2.05, 4.69) is 12.2 Å². The molecule has 0 amide bonds. The summed E-state index contributed by atoms with van der Waals surface area (Å²) in [7, 11) is 0. The van der Waals surface area contributed by atoms with E-state index >= 15 is 0 Å². The molecule has 3 rings (SSSR count). The van der Waals surface area contributed by atoms with Crippen LogP contribution in [0, 0.1) is 23.7 Å². The molecule has 2 aliphatic carbocycles. The first kappa shape index (κ1) is 9.20. The molecule has 0 aromatic carbocycles. The lowest BCUT2D eigenvalue weighted by Gasteiger charge is -2.23. The largest absolute Gasteiger partial charge is 0.353 e. The SMILES string of the molecule is CC1OCC2C3C=CC(C3Cl)C2CO1. The Balaban J connectivity index is 1.84. The highest BCUT2D eigenvalue weighted by atomic mass is 35.5. The zero-order valence-corrected chi connectivity index (χ0v) is 8.98. The van der Waals surface area contributed by atoms with Gasteiger partial charge >= 0.3 is 0 Å². The molecule has 1 saturated heterocycles. The van der Waals surface area contributed by atoms with Gasteiger partial charge in [0.2, 0.25) is 0 Å². The number of fused-ring (bicyclic) bond motifs is 5. The fourth-order valence-electron chi connectivity index (χ4n) is 3.06. The lowest BCUT2D eigenvalue weighted by molar-refractivity contribution is -0.119. The van der Waals surface area contributed by atoms with Gasteiger partial charge in [-0.25, -0.2) is 0 Å². The number of hydrogen-bond donors (Lipinski definition) is 0. The molecule has 3 aliphatic rings. The van der Waals surface area contributed by atoms with Gasteiger partial charge in [0.1, 0.15) is 0 Å². The predicted molar refractivity (Wildman–Crippen MR) is 54.1 cm³/mol. The molecule has 1 aliphatic heterocycles. The highest BCUT2D eigenvalue weighted by molar-refractivity contribution is 6.21. The van der Waals surface area contributed by atoms with Gasteiger partial charge in [-0.05, 0) is 30.6 Å². The van der Waals surface area contributed by atoms with Crippen LogP contribution in [0.15, 0.2) is 12.2 Å². The van der Waals surface area contributed by atoms with E-state index in [-0.39, 0.29) is 11.7 Å². The highest BCUT2D eigenvalue weighted by Gasteiger charge is 2.51. The van der Waals surface area contributed by atoms with E-state index in [4.69, 9.17) is 21.1 Å². The maximum atomic E-state index is 6.37. The monoisotopic (exact) mass is 214 g/mol. The van der Waals surface area contributed by atoms with Crippen molar-refractivity contribution < 1.29 is 9.47 Å². The Kier molecular flexibility index (Phi) is 2.12. The molecular weight excluding hydrogens is 200 g/mol. The standard InChI is InChI=1S/C11H15ClO2/c1-6-13-4-9-7-2-3-8(11(7)12)10(9)5-14-6/h2-3,6-11H,4-5H2,1H3. The minimum Gasteiger partial charge on any atom is -0.353 e. The van der Waals surface area contributed by atoms with Gasteiger partial charge in [-0.1, -0.05) is 12.2 Å². The fourth-order valence-corrected chi connectivity index (χ4v) is 3.61. The number of allylic oxidation sites excluding steroid dienone is 2. The Morgan fingerprint density at radius 3 is 2.07 bits per heavy atom. The average molecular weight is 215 g/mol. The van der Waals surface area contributed by atoms with Crippen molar-refractivity contribution in [3.63, 3.8) is 0 Å². The van der Waals surface area contributed by atoms with Crippen molar-refractivity contribution in [1.29, 1.82) is 0 Å². The van der Waals surface area contributed by atoms with Crippen LogP contribution >= 0.6 is 11.6 Å². The highest BCUT2D eigenvalue weighted by Crippen LogP contribution is 2.51. The van der Waals surface area contributed by atoms with E-state index in [0.717, 1.165) is 13.2 Å². The first-order chi connectivity index (χ1) is 6.77. The van der Waals surface area contributed by atoms with Crippen LogP contribution in [0.25, 0.3) is 0 Å². The molecule has 1 heterocycles. The van der Waals surface area contributed by atoms with Crippen LogP contribution < -0.4 is 0 Å². The average Bonchev–Trinajstić information content (AvgIpc) is 2.56. The molecule has 4 unspecified atom stereocenters. The maximum absolute atomic E-state index is 6.37. The third-order valence-corrected chi connectivity index (χ3v) is 4.46. The number of hydrogen-bond acceptors (Lipinski definition) is 2. The van der Waals surface area contributed by atoms with Crippen LogP contribution in [0.1, 0.15) is 6.92 Å². The van der Waals surface area contributed by atoms with Crippen molar-refractivity contribution in [3.05, 3.63) is 12.2 Å². The molecule has 0 radical (unpaired) electrons. The number of rotatable bonds is 0. The molecule has 0 aromatic heterocycles. The van der Waals surface area contributed by atoms with Gasteiger partial charge in [0.15, 0.2) is 6.29 Å². The molecule has 2 fully saturated rings. The molecule has 0 N–H and O–H groups in total. The van der Waals surface area contributed by atoms with Gasteiger partial charge in [0.05, 0.1) is 13.2 Å². The quantitative estimate of drug-likeness (QED) is 0.454. The molecule has 0 aromatic rings. The van der Waals surface area contributed by atoms with E-state index in [1.165, 1.54) is 0 Å². The third-order valence-electron chi connectivity index (χ3n) is 3.88. The van der Waals surface area contributed by atoms with E-state index < -0.39 is 0 Å². The second-order valence-corrected chi connectivity index (χ2v) is 5.05. The Morgan fingerprint density at radius 1 is 1.07 bits per heavy atom. The van der Waals surface area contributed by atoms with Crippen molar-refractivity contribution in [2.24, 2.45) is 23.7 Å². The minimum absolute atomic E-state index is 0.0474. The lowest BCUT2D eigenvalue weighted by atomic mass is 9.84. The Hall–Kier alpha value is -0.0500. The second-order valence-electron chi connectivity index (χ2n) is 4.55. The van der Waals surface area contributed by atoms with Crippen molar-refractivity contribution >= 4 is 11.6 Å². The molecule has 2 nitrogen and oxygen atoms in total. The van der Waals surface area contributed by atoms with Gasteiger partial charge in [0.25, 0.3) is 0 Å². The van der Waals surface area contributed by atoms with Crippen molar-refractivity contribution in [2.75, 3.05) is 13.2 Å². The summed E-state index contributed by atoms with van der Waals surface area (Å²) in [5, 5.41) is 0.283. The minimum atomic E-state index is -0.0474. The lowest BCUT2D eigenvalue weighted by Crippen LogP contribution is -2.24. The van der Waals surface area contributed by atoms with Gasteiger partial charge in [0, 0.05) is 5.38 Å². The molecular formula is C11H15ClO2. The van der Waals surface area contributed by atoms with Crippen LogP contribution in [0.4, 0.5) is 0 Å². The Labute approximate surface area is 89.2 Å². The first-order valence-corrected chi connectivity index (χ1v) is 5.76. The molecule has 2 bridgehead atoms. The topological polar surface area (TPSA) is 18.5 Å². The van der Waals surface area contributed by atoms with Crippen molar-refractivity contribution in [3.8, 4) is 0 Å². The van der Waals surface area contributed by atoms with Gasteiger partial charge in [-0.15, -0.1) is 11.6 Å². The fraction of sp³-hybridized carbons (Fsp3) is 0.818. The molecule has 4 atom stereocenters. The maximum Gasteiger partial charge on any atom is 0.154 e. The van der Waals surface area contributed by atoms with E-state index in [9.17, 15) is 0 Å². The number of halogens is 1. The Bertz CT molecular complexity index is 242. The summed E-state index contributed by atoms with van der Waals surface area (Å²) in [6.45, 7) is 3.58. The second kappa shape index (κ2) is 3.22. The van der Waals surface area contributed by atoms with Gasteiger partial charge in [-0.2, -0.15) is 0 Å². The normalized spacial score (nSPS) is 55.9. The molecule has 0 spiro atoms. The van der Waals surface area contributed by atoms with Gasteiger partial charge in [-0.3, -0.25) is 0 Å². The molecule has 3 heteroatoms. The summed E-state index contributed by atoms with van der Waals surface area (Å²) in [6.07, 6.45) is 4.49. The van der Waals surface area contributed by atoms with E-state index in [1.54, 1.807) is 0 Å². The molecule has 78 valence electrons. The van der Waals surface area contributed by atoms with Crippen LogP contribution in [-0.4, -0.2) is 24.9 Å². The van der Waals surface area contributed by atoms with Crippen LogP contribution in [0.2, 0.25) is 0 Å². The summed E-state index contributed by atoms with van der Waals surface area (Å²) in [5.74, 6) is 2.19. The first-order valence-electron chi connectivity index (χ1n) is 5.33. The zero-order chi connectivity index (χ0) is 9.71. The summed E-state index contributed by atoms with van der Waals surface area (Å²) < 4.78 is 11.2. The summed E-state index contributed by atoms with van der Waals surface area (Å²) in [6, 6.07) is 0. The zero-order valence-electron chi connectivity index (χ0n) is 8.23. The van der Waals surface area contributed by atoms with Crippen LogP contribution in [-0.2, 0) is 9.47 Å². The smallest absolute Gasteiger partial charge is 0.154 e. The predicted octanol–water partition coefficient (Wildman–Crippen LogP) is 2.03. The van der Waals surface area contributed by atoms with E-state index in [1.807, 2.05) is 6.92 Å². The third kappa shape index (κ3) is 1.17. The van der Waals surface area contributed by atoms with E-state index in [0.29, 0.717) is 23.7 Å². The van der Waals surface area contributed by atoms with Crippen LogP contribution in [0.3, 0.4) is 0 Å². The number of ether oxygens (including phenoxy) is 2. The molecule has 14 heavy (non-hydrogen) atoms. The summed E-state index contributed by atoms with van der Waals surface area (Å²) in [5.41, 5.74) is 0. The van der Waals surface area contributed by atoms with Crippen molar-refractivity contribution in [1.82, 2.24) is 0 Å². The summed E-state index contributed by atoms with van der Waals surface area (Å²) in [4.78, 5) is 0. The van der Waals surface area contributed by atoms with Gasteiger partial charge < -0.3 is 9.47 Å².